The SMILES string of the molecule is CCc1nn(C(C)C(=O)N2CCC3(CC2)OCCO3)c(=O)c2cc3occc3n12. The summed E-state index contributed by atoms with van der Waals surface area (Å²) in [6.45, 7) is 5.98. The van der Waals surface area contributed by atoms with Gasteiger partial charge in [0, 0.05) is 44.5 Å². The van der Waals surface area contributed by atoms with E-state index in [0.29, 0.717) is 62.5 Å². The van der Waals surface area contributed by atoms with E-state index in [2.05, 4.69) is 5.10 Å². The van der Waals surface area contributed by atoms with Gasteiger partial charge in [0.25, 0.3) is 5.56 Å². The van der Waals surface area contributed by atoms with Crippen LogP contribution >= 0.6 is 0 Å². The fourth-order valence-electron chi connectivity index (χ4n) is 4.41. The van der Waals surface area contributed by atoms with Crippen LogP contribution in [0, 0.1) is 0 Å². The molecule has 154 valence electrons. The van der Waals surface area contributed by atoms with Crippen molar-refractivity contribution < 1.29 is 18.7 Å². The average molecular weight is 400 g/mol. The molecule has 0 aromatic carbocycles. The number of ether oxygens (including phenoxy) is 2. The average Bonchev–Trinajstić information content (AvgIpc) is 3.45. The molecule has 3 aromatic rings. The zero-order valence-electron chi connectivity index (χ0n) is 16.6. The molecule has 1 amide bonds. The van der Waals surface area contributed by atoms with Crippen LogP contribution in [0.3, 0.4) is 0 Å². The van der Waals surface area contributed by atoms with Crippen molar-refractivity contribution in [3.05, 3.63) is 34.6 Å². The molecule has 9 nitrogen and oxygen atoms in total. The Kier molecular flexibility index (Phi) is 4.25. The lowest BCUT2D eigenvalue weighted by atomic mass is 10.0. The smallest absolute Gasteiger partial charge is 0.291 e. The number of furan rings is 1. The van der Waals surface area contributed by atoms with Crippen LogP contribution in [0.4, 0.5) is 0 Å². The zero-order chi connectivity index (χ0) is 20.2. The van der Waals surface area contributed by atoms with Crippen LogP contribution < -0.4 is 5.56 Å². The van der Waals surface area contributed by atoms with Gasteiger partial charge in [0.2, 0.25) is 5.91 Å². The summed E-state index contributed by atoms with van der Waals surface area (Å²) in [6, 6.07) is 2.84. The van der Waals surface area contributed by atoms with Crippen molar-refractivity contribution in [2.45, 2.75) is 44.9 Å². The van der Waals surface area contributed by atoms with Gasteiger partial charge in [-0.15, -0.1) is 0 Å². The lowest BCUT2D eigenvalue weighted by Crippen LogP contribution is -2.49. The van der Waals surface area contributed by atoms with Crippen molar-refractivity contribution in [2.75, 3.05) is 26.3 Å². The molecule has 3 aromatic heterocycles. The van der Waals surface area contributed by atoms with Gasteiger partial charge in [-0.2, -0.15) is 5.10 Å². The van der Waals surface area contributed by atoms with Crippen molar-refractivity contribution >= 4 is 22.5 Å². The minimum absolute atomic E-state index is 0.117. The Morgan fingerprint density at radius 1 is 1.24 bits per heavy atom. The van der Waals surface area contributed by atoms with E-state index in [1.54, 1.807) is 24.2 Å². The second-order valence-electron chi connectivity index (χ2n) is 7.66. The van der Waals surface area contributed by atoms with Gasteiger partial charge in [0.05, 0.1) is 25.0 Å². The zero-order valence-corrected chi connectivity index (χ0v) is 16.6. The summed E-state index contributed by atoms with van der Waals surface area (Å²) in [5, 5.41) is 4.54. The number of hydrogen-bond donors (Lipinski definition) is 0. The summed E-state index contributed by atoms with van der Waals surface area (Å²) in [5.41, 5.74) is 1.61. The minimum Gasteiger partial charge on any atom is -0.463 e. The number of aromatic nitrogens is 3. The molecule has 2 aliphatic rings. The summed E-state index contributed by atoms with van der Waals surface area (Å²) >= 11 is 0. The normalized spacial score (nSPS) is 20.1. The molecule has 2 aliphatic heterocycles. The van der Waals surface area contributed by atoms with Crippen LogP contribution in [0.25, 0.3) is 16.6 Å². The Hall–Kier alpha value is -2.65. The molecular formula is C20H24N4O5. The Morgan fingerprint density at radius 3 is 2.66 bits per heavy atom. The van der Waals surface area contributed by atoms with Gasteiger partial charge < -0.3 is 18.8 Å². The lowest BCUT2D eigenvalue weighted by molar-refractivity contribution is -0.188. The number of carbonyl (C=O) groups is 1. The first-order valence-electron chi connectivity index (χ1n) is 10.1. The number of fused-ring (bicyclic) bond motifs is 3. The van der Waals surface area contributed by atoms with Crippen LogP contribution in [-0.2, 0) is 20.7 Å². The fourth-order valence-corrected chi connectivity index (χ4v) is 4.41. The number of nitrogens with zero attached hydrogens (tertiary/aromatic N) is 4. The number of carbonyl (C=O) groups excluding carboxylic acids is 1. The fraction of sp³-hybridized carbons (Fsp3) is 0.550. The van der Waals surface area contributed by atoms with E-state index in [4.69, 9.17) is 13.9 Å². The number of aryl methyl sites for hydroxylation is 1. The molecule has 1 unspecified atom stereocenters. The molecule has 29 heavy (non-hydrogen) atoms. The van der Waals surface area contributed by atoms with Crippen molar-refractivity contribution in [3.63, 3.8) is 0 Å². The standard InChI is InChI=1S/C20H24N4O5/c1-3-17-21-24(19(26)15-12-16-14(23(15)17)4-9-27-16)13(2)18(25)22-7-5-20(6-8-22)28-10-11-29-20/h4,9,12-13H,3,5-8,10-11H2,1-2H3. The van der Waals surface area contributed by atoms with Crippen LogP contribution in [0.5, 0.6) is 0 Å². The molecule has 2 saturated heterocycles. The molecule has 9 heteroatoms. The highest BCUT2D eigenvalue weighted by atomic mass is 16.7. The maximum Gasteiger partial charge on any atom is 0.291 e. The predicted molar refractivity (Wildman–Crippen MR) is 104 cm³/mol. The van der Waals surface area contributed by atoms with Crippen LogP contribution in [0.1, 0.15) is 38.6 Å². The molecule has 1 atom stereocenters. The summed E-state index contributed by atoms with van der Waals surface area (Å²) < 4.78 is 20.0. The van der Waals surface area contributed by atoms with Crippen molar-refractivity contribution in [2.24, 2.45) is 0 Å². The third-order valence-electron chi connectivity index (χ3n) is 6.02. The molecule has 0 radical (unpaired) electrons. The molecule has 5 heterocycles. The first-order valence-corrected chi connectivity index (χ1v) is 10.1. The Morgan fingerprint density at radius 2 is 1.97 bits per heavy atom. The molecule has 1 spiro atoms. The predicted octanol–water partition coefficient (Wildman–Crippen LogP) is 1.73. The minimum atomic E-state index is -0.696. The van der Waals surface area contributed by atoms with E-state index >= 15 is 0 Å². The molecular weight excluding hydrogens is 376 g/mol. The highest BCUT2D eigenvalue weighted by molar-refractivity contribution is 5.83. The lowest BCUT2D eigenvalue weighted by Gasteiger charge is -2.38. The topological polar surface area (TPSA) is 91.2 Å². The van der Waals surface area contributed by atoms with Crippen LogP contribution in [0.2, 0.25) is 0 Å². The first-order chi connectivity index (χ1) is 14.0. The van der Waals surface area contributed by atoms with Gasteiger partial charge >= 0.3 is 0 Å². The number of hydrogen-bond acceptors (Lipinski definition) is 6. The van der Waals surface area contributed by atoms with E-state index in [-0.39, 0.29) is 11.5 Å². The first kappa shape index (κ1) is 18.4. The summed E-state index contributed by atoms with van der Waals surface area (Å²) in [5.74, 6) is 0.0544. The van der Waals surface area contributed by atoms with E-state index in [9.17, 15) is 9.59 Å². The van der Waals surface area contributed by atoms with E-state index in [0.717, 1.165) is 5.52 Å². The summed E-state index contributed by atoms with van der Waals surface area (Å²) in [6.07, 6.45) is 3.49. The number of likely N-dealkylation sites (tertiary alicyclic amines) is 1. The third kappa shape index (κ3) is 2.79. The van der Waals surface area contributed by atoms with Crippen molar-refractivity contribution in [1.82, 2.24) is 19.1 Å². The molecule has 0 aliphatic carbocycles. The largest absolute Gasteiger partial charge is 0.463 e. The van der Waals surface area contributed by atoms with Crippen LogP contribution in [0.15, 0.2) is 27.6 Å². The summed E-state index contributed by atoms with van der Waals surface area (Å²) in [7, 11) is 0. The molecule has 0 bridgehead atoms. The van der Waals surface area contributed by atoms with Gasteiger partial charge in [-0.3, -0.25) is 14.0 Å². The highest BCUT2D eigenvalue weighted by Crippen LogP contribution is 2.32. The number of rotatable bonds is 3. The third-order valence-corrected chi connectivity index (χ3v) is 6.02. The summed E-state index contributed by atoms with van der Waals surface area (Å²) in [4.78, 5) is 28.0. The van der Waals surface area contributed by atoms with Crippen LogP contribution in [-0.4, -0.2) is 57.1 Å². The highest BCUT2D eigenvalue weighted by Gasteiger charge is 2.41. The number of amides is 1. The second-order valence-corrected chi connectivity index (χ2v) is 7.66. The monoisotopic (exact) mass is 400 g/mol. The maximum absolute atomic E-state index is 13.1. The maximum atomic E-state index is 13.1. The molecule has 0 saturated carbocycles. The molecule has 0 N–H and O–H groups in total. The Labute approximate surface area is 166 Å². The van der Waals surface area contributed by atoms with Gasteiger partial charge in [-0.1, -0.05) is 6.92 Å². The van der Waals surface area contributed by atoms with Gasteiger partial charge in [0.1, 0.15) is 17.4 Å². The second kappa shape index (κ2) is 6.70. The van der Waals surface area contributed by atoms with Gasteiger partial charge in [-0.25, -0.2) is 4.68 Å². The van der Waals surface area contributed by atoms with Gasteiger partial charge in [0.15, 0.2) is 11.4 Å². The van der Waals surface area contributed by atoms with Gasteiger partial charge in [-0.05, 0) is 6.92 Å². The molecule has 5 rings (SSSR count). The quantitative estimate of drug-likeness (QED) is 0.665. The van der Waals surface area contributed by atoms with Crippen molar-refractivity contribution in [3.8, 4) is 0 Å². The van der Waals surface area contributed by atoms with E-state index in [1.807, 2.05) is 17.4 Å². The Balaban J connectivity index is 1.46. The van der Waals surface area contributed by atoms with Crippen molar-refractivity contribution in [1.29, 1.82) is 0 Å². The Bertz CT molecular complexity index is 1130. The van der Waals surface area contributed by atoms with E-state index in [1.165, 1.54) is 4.68 Å². The van der Waals surface area contributed by atoms with E-state index < -0.39 is 11.8 Å². The number of piperidine rings is 1. The molecule has 2 fully saturated rings.